The molecule has 0 radical (unpaired) electrons. The summed E-state index contributed by atoms with van der Waals surface area (Å²) in [6, 6.07) is 31.3. The Labute approximate surface area is 184 Å². The van der Waals surface area contributed by atoms with Gasteiger partial charge < -0.3 is 4.57 Å². The summed E-state index contributed by atoms with van der Waals surface area (Å²) >= 11 is 2.37. The molecule has 0 unspecified atom stereocenters. The molecule has 0 N–H and O–H groups in total. The molecular formula is C27H20IN. The van der Waals surface area contributed by atoms with E-state index in [0.29, 0.717) is 0 Å². The fourth-order valence-electron chi connectivity index (χ4n) is 5.03. The van der Waals surface area contributed by atoms with E-state index in [0.717, 1.165) is 0 Å². The lowest BCUT2D eigenvalue weighted by Gasteiger charge is -2.21. The summed E-state index contributed by atoms with van der Waals surface area (Å²) in [4.78, 5) is 0. The molecular weight excluding hydrogens is 465 g/mol. The van der Waals surface area contributed by atoms with Crippen molar-refractivity contribution in [1.29, 1.82) is 0 Å². The van der Waals surface area contributed by atoms with Gasteiger partial charge in [-0.05, 0) is 87.3 Å². The molecule has 1 aliphatic carbocycles. The Bertz CT molecular complexity index is 1420. The molecule has 1 aromatic heterocycles. The summed E-state index contributed by atoms with van der Waals surface area (Å²) in [5.41, 5.74) is 9.36. The van der Waals surface area contributed by atoms with Gasteiger partial charge in [-0.15, -0.1) is 0 Å². The molecule has 0 amide bonds. The second kappa shape index (κ2) is 5.96. The Kier molecular flexibility index (Phi) is 3.55. The van der Waals surface area contributed by atoms with Crippen LogP contribution >= 0.6 is 22.6 Å². The van der Waals surface area contributed by atoms with Crippen LogP contribution in [0.15, 0.2) is 84.9 Å². The van der Waals surface area contributed by atoms with Crippen LogP contribution in [0.5, 0.6) is 0 Å². The van der Waals surface area contributed by atoms with Crippen molar-refractivity contribution >= 4 is 44.4 Å². The van der Waals surface area contributed by atoms with Crippen molar-refractivity contribution in [3.63, 3.8) is 0 Å². The van der Waals surface area contributed by atoms with Gasteiger partial charge in [0, 0.05) is 25.4 Å². The lowest BCUT2D eigenvalue weighted by Crippen LogP contribution is -2.14. The van der Waals surface area contributed by atoms with Gasteiger partial charge >= 0.3 is 0 Å². The van der Waals surface area contributed by atoms with Gasteiger partial charge in [0.15, 0.2) is 0 Å². The van der Waals surface area contributed by atoms with Gasteiger partial charge in [0.25, 0.3) is 0 Å². The van der Waals surface area contributed by atoms with Crippen molar-refractivity contribution in [2.45, 2.75) is 19.3 Å². The number of hydrogen-bond acceptors (Lipinski definition) is 0. The van der Waals surface area contributed by atoms with Gasteiger partial charge in [-0.2, -0.15) is 0 Å². The molecule has 0 atom stereocenters. The van der Waals surface area contributed by atoms with Gasteiger partial charge in [0.2, 0.25) is 0 Å². The van der Waals surface area contributed by atoms with E-state index in [9.17, 15) is 0 Å². The molecule has 0 saturated carbocycles. The first-order valence-electron chi connectivity index (χ1n) is 9.99. The maximum Gasteiger partial charge on any atom is 0.0544 e. The SMILES string of the molecule is CC1(C)c2ccccc2-c2cc3c4ccccc4n(-c4ccc(I)cc4)c3cc21. The number of hydrogen-bond donors (Lipinski definition) is 0. The fraction of sp³-hybridized carbons (Fsp3) is 0.111. The van der Waals surface area contributed by atoms with Crippen LogP contribution < -0.4 is 0 Å². The molecule has 0 bridgehead atoms. The van der Waals surface area contributed by atoms with E-state index in [2.05, 4.69) is 126 Å². The van der Waals surface area contributed by atoms with Crippen LogP contribution in [-0.4, -0.2) is 4.57 Å². The average molecular weight is 485 g/mol. The smallest absolute Gasteiger partial charge is 0.0544 e. The number of nitrogens with zero attached hydrogens (tertiary/aromatic N) is 1. The molecule has 29 heavy (non-hydrogen) atoms. The molecule has 0 saturated heterocycles. The third-order valence-corrected chi connectivity index (χ3v) is 7.18. The summed E-state index contributed by atoms with van der Waals surface area (Å²) in [6.07, 6.45) is 0. The molecule has 1 aliphatic rings. The minimum Gasteiger partial charge on any atom is -0.309 e. The molecule has 140 valence electrons. The molecule has 1 heterocycles. The monoisotopic (exact) mass is 485 g/mol. The quantitative estimate of drug-likeness (QED) is 0.215. The Morgan fingerprint density at radius 1 is 0.655 bits per heavy atom. The van der Waals surface area contributed by atoms with Crippen LogP contribution in [-0.2, 0) is 5.41 Å². The van der Waals surface area contributed by atoms with Crippen LogP contribution in [0.3, 0.4) is 0 Å². The topological polar surface area (TPSA) is 4.93 Å². The third kappa shape index (κ3) is 2.32. The van der Waals surface area contributed by atoms with Crippen LogP contribution in [0.25, 0.3) is 38.6 Å². The standard InChI is InChI=1S/C27H20IN/c1-27(2)23-9-5-3-7-19(23)21-15-22-20-8-4-6-10-25(20)29(26(22)16-24(21)27)18-13-11-17(28)12-14-18/h3-16H,1-2H3. The molecule has 5 aromatic rings. The first-order chi connectivity index (χ1) is 14.1. The third-order valence-electron chi connectivity index (χ3n) is 6.46. The Hall–Kier alpha value is -2.59. The van der Waals surface area contributed by atoms with E-state index >= 15 is 0 Å². The van der Waals surface area contributed by atoms with Gasteiger partial charge in [-0.3, -0.25) is 0 Å². The first kappa shape index (κ1) is 17.3. The predicted octanol–water partition coefficient (Wildman–Crippen LogP) is 7.69. The van der Waals surface area contributed by atoms with Crippen LogP contribution in [0, 0.1) is 3.57 Å². The highest BCUT2D eigenvalue weighted by Crippen LogP contribution is 2.50. The summed E-state index contributed by atoms with van der Waals surface area (Å²) in [5.74, 6) is 0. The highest BCUT2D eigenvalue weighted by molar-refractivity contribution is 14.1. The van der Waals surface area contributed by atoms with Crippen molar-refractivity contribution in [1.82, 2.24) is 4.57 Å². The van der Waals surface area contributed by atoms with E-state index in [4.69, 9.17) is 0 Å². The minimum atomic E-state index is 0.00741. The highest BCUT2D eigenvalue weighted by atomic mass is 127. The van der Waals surface area contributed by atoms with E-state index < -0.39 is 0 Å². The Morgan fingerprint density at radius 2 is 1.38 bits per heavy atom. The largest absolute Gasteiger partial charge is 0.309 e. The second-order valence-electron chi connectivity index (χ2n) is 8.41. The number of fused-ring (bicyclic) bond motifs is 6. The number of rotatable bonds is 1. The average Bonchev–Trinajstić information content (AvgIpc) is 3.18. The van der Waals surface area contributed by atoms with Crippen LogP contribution in [0.4, 0.5) is 0 Å². The van der Waals surface area contributed by atoms with Crippen molar-refractivity contribution < 1.29 is 0 Å². The number of halogens is 1. The lowest BCUT2D eigenvalue weighted by atomic mass is 9.82. The zero-order chi connectivity index (χ0) is 19.8. The molecule has 0 spiro atoms. The molecule has 0 fully saturated rings. The van der Waals surface area contributed by atoms with E-state index in [-0.39, 0.29) is 5.41 Å². The highest BCUT2D eigenvalue weighted by Gasteiger charge is 2.36. The molecule has 6 rings (SSSR count). The number of para-hydroxylation sites is 1. The zero-order valence-corrected chi connectivity index (χ0v) is 18.6. The summed E-state index contributed by atoms with van der Waals surface area (Å²) in [7, 11) is 0. The van der Waals surface area contributed by atoms with Gasteiger partial charge in [0.1, 0.15) is 0 Å². The summed E-state index contributed by atoms with van der Waals surface area (Å²) in [6.45, 7) is 4.70. The van der Waals surface area contributed by atoms with Crippen LogP contribution in [0.2, 0.25) is 0 Å². The second-order valence-corrected chi connectivity index (χ2v) is 9.66. The van der Waals surface area contributed by atoms with Gasteiger partial charge in [0.05, 0.1) is 11.0 Å². The minimum absolute atomic E-state index is 0.00741. The maximum atomic E-state index is 2.43. The normalized spacial score (nSPS) is 14.3. The van der Waals surface area contributed by atoms with Crippen molar-refractivity contribution in [2.24, 2.45) is 0 Å². The molecule has 2 heteroatoms. The Morgan fingerprint density at radius 3 is 2.21 bits per heavy atom. The predicted molar refractivity (Wildman–Crippen MR) is 131 cm³/mol. The Balaban J connectivity index is 1.77. The molecule has 0 aliphatic heterocycles. The van der Waals surface area contributed by atoms with Crippen molar-refractivity contribution in [2.75, 3.05) is 0 Å². The van der Waals surface area contributed by atoms with Gasteiger partial charge in [-0.1, -0.05) is 56.3 Å². The zero-order valence-electron chi connectivity index (χ0n) is 16.4. The maximum absolute atomic E-state index is 2.43. The van der Waals surface area contributed by atoms with E-state index in [1.807, 2.05) is 0 Å². The number of aromatic nitrogens is 1. The van der Waals surface area contributed by atoms with E-state index in [1.165, 1.54) is 53.3 Å². The van der Waals surface area contributed by atoms with Gasteiger partial charge in [-0.25, -0.2) is 0 Å². The van der Waals surface area contributed by atoms with Crippen molar-refractivity contribution in [3.05, 3.63) is 99.6 Å². The lowest BCUT2D eigenvalue weighted by molar-refractivity contribution is 0.661. The van der Waals surface area contributed by atoms with E-state index in [1.54, 1.807) is 0 Å². The van der Waals surface area contributed by atoms with Crippen LogP contribution in [0.1, 0.15) is 25.0 Å². The molecule has 1 nitrogen and oxygen atoms in total. The molecule has 4 aromatic carbocycles. The summed E-state index contributed by atoms with van der Waals surface area (Å²) in [5, 5.41) is 2.64. The first-order valence-corrected chi connectivity index (χ1v) is 11.1. The fourth-order valence-corrected chi connectivity index (χ4v) is 5.39. The summed E-state index contributed by atoms with van der Waals surface area (Å²) < 4.78 is 3.67. The number of benzene rings is 4. The van der Waals surface area contributed by atoms with Crippen molar-refractivity contribution in [3.8, 4) is 16.8 Å².